The summed E-state index contributed by atoms with van der Waals surface area (Å²) in [5, 5.41) is 28.6. The molecule has 20 heavy (non-hydrogen) atoms. The van der Waals surface area contributed by atoms with Gasteiger partial charge in [-0.15, -0.1) is 0 Å². The molecule has 1 saturated carbocycles. The maximum Gasteiger partial charge on any atom is 0.416 e. The monoisotopic (exact) mass is 290 g/mol. The van der Waals surface area contributed by atoms with Crippen LogP contribution in [0.1, 0.15) is 36.8 Å². The van der Waals surface area contributed by atoms with E-state index in [1.807, 2.05) is 0 Å². The highest BCUT2D eigenvalue weighted by Gasteiger charge is 2.50. The van der Waals surface area contributed by atoms with Crippen molar-refractivity contribution < 1.29 is 33.3 Å². The molecule has 7 heteroatoms. The Morgan fingerprint density at radius 2 is 1.70 bits per heavy atom. The summed E-state index contributed by atoms with van der Waals surface area (Å²) < 4.78 is 39.2. The van der Waals surface area contributed by atoms with Crippen LogP contribution in [0.15, 0.2) is 12.1 Å². The molecule has 0 heterocycles. The summed E-state index contributed by atoms with van der Waals surface area (Å²) in [5.41, 5.74) is -3.74. The predicted octanol–water partition coefficient (Wildman–Crippen LogP) is 3.01. The van der Waals surface area contributed by atoms with Crippen molar-refractivity contribution >= 4 is 5.97 Å². The van der Waals surface area contributed by atoms with Crippen molar-refractivity contribution in [1.82, 2.24) is 0 Å². The number of aromatic hydroxyl groups is 2. The first-order chi connectivity index (χ1) is 9.20. The first-order valence-electron chi connectivity index (χ1n) is 6.06. The summed E-state index contributed by atoms with van der Waals surface area (Å²) in [6.07, 6.45) is -3.88. The lowest BCUT2D eigenvalue weighted by Crippen LogP contribution is -2.35. The zero-order chi connectivity index (χ0) is 15.1. The van der Waals surface area contributed by atoms with Crippen molar-refractivity contribution in [3.63, 3.8) is 0 Å². The fourth-order valence-electron chi connectivity index (χ4n) is 2.85. The number of halogens is 3. The molecule has 0 atom stereocenters. The molecule has 1 aromatic carbocycles. The van der Waals surface area contributed by atoms with Gasteiger partial charge in [-0.25, -0.2) is 0 Å². The zero-order valence-electron chi connectivity index (χ0n) is 10.4. The van der Waals surface area contributed by atoms with Crippen LogP contribution in [-0.2, 0) is 16.4 Å². The summed E-state index contributed by atoms with van der Waals surface area (Å²) >= 11 is 0. The van der Waals surface area contributed by atoms with E-state index < -0.39 is 40.2 Å². The molecule has 1 fully saturated rings. The average Bonchev–Trinajstić information content (AvgIpc) is 2.81. The number of phenolic OH excluding ortho intramolecular Hbond substituents is 2. The Hall–Kier alpha value is -1.92. The van der Waals surface area contributed by atoms with Gasteiger partial charge in [0, 0.05) is 5.56 Å². The molecule has 0 spiro atoms. The molecule has 0 bridgehead atoms. The van der Waals surface area contributed by atoms with Gasteiger partial charge in [0.1, 0.15) is 0 Å². The van der Waals surface area contributed by atoms with Gasteiger partial charge in [0.15, 0.2) is 11.5 Å². The van der Waals surface area contributed by atoms with E-state index in [4.69, 9.17) is 0 Å². The topological polar surface area (TPSA) is 77.8 Å². The lowest BCUT2D eigenvalue weighted by molar-refractivity contribution is -0.146. The van der Waals surface area contributed by atoms with Crippen LogP contribution in [0.4, 0.5) is 13.2 Å². The van der Waals surface area contributed by atoms with Crippen LogP contribution in [0.25, 0.3) is 0 Å². The summed E-state index contributed by atoms with van der Waals surface area (Å²) in [4.78, 5) is 11.5. The first-order valence-corrected chi connectivity index (χ1v) is 6.06. The lowest BCUT2D eigenvalue weighted by atomic mass is 9.75. The normalized spacial score (nSPS) is 18.1. The van der Waals surface area contributed by atoms with E-state index in [0.29, 0.717) is 25.0 Å². The minimum absolute atomic E-state index is 0.00241. The number of rotatable bonds is 2. The SMILES string of the molecule is O=C(O)C1(c2c(C(F)(F)F)ccc(O)c2O)CCCC1. The maximum absolute atomic E-state index is 13.1. The van der Waals surface area contributed by atoms with Crippen LogP contribution in [0.2, 0.25) is 0 Å². The minimum atomic E-state index is -4.80. The average molecular weight is 290 g/mol. The Bertz CT molecular complexity index is 545. The molecule has 1 aliphatic rings. The van der Waals surface area contributed by atoms with Gasteiger partial charge in [-0.2, -0.15) is 13.2 Å². The summed E-state index contributed by atoms with van der Waals surface area (Å²) in [5.74, 6) is -3.16. The van der Waals surface area contributed by atoms with Crippen molar-refractivity contribution in [2.75, 3.05) is 0 Å². The minimum Gasteiger partial charge on any atom is -0.504 e. The summed E-state index contributed by atoms with van der Waals surface area (Å²) in [7, 11) is 0. The number of hydrogen-bond acceptors (Lipinski definition) is 3. The molecular formula is C13H13F3O4. The van der Waals surface area contributed by atoms with Crippen molar-refractivity contribution in [2.45, 2.75) is 37.3 Å². The second kappa shape index (κ2) is 4.57. The number of carboxylic acids is 1. The molecule has 0 unspecified atom stereocenters. The number of aliphatic carboxylic acids is 1. The van der Waals surface area contributed by atoms with Gasteiger partial charge in [0.25, 0.3) is 0 Å². The van der Waals surface area contributed by atoms with E-state index in [-0.39, 0.29) is 12.8 Å². The van der Waals surface area contributed by atoms with Crippen LogP contribution in [0, 0.1) is 0 Å². The number of hydrogen-bond donors (Lipinski definition) is 3. The maximum atomic E-state index is 13.1. The van der Waals surface area contributed by atoms with Gasteiger partial charge in [-0.1, -0.05) is 12.8 Å². The third-order valence-electron chi connectivity index (χ3n) is 3.81. The van der Waals surface area contributed by atoms with Crippen molar-refractivity contribution in [3.05, 3.63) is 23.3 Å². The van der Waals surface area contributed by atoms with Crippen LogP contribution in [0.3, 0.4) is 0 Å². The highest BCUT2D eigenvalue weighted by atomic mass is 19.4. The van der Waals surface area contributed by atoms with Crippen LogP contribution in [0.5, 0.6) is 11.5 Å². The van der Waals surface area contributed by atoms with Crippen LogP contribution in [-0.4, -0.2) is 21.3 Å². The number of carboxylic acid groups (broad SMARTS) is 1. The molecule has 2 rings (SSSR count). The third-order valence-corrected chi connectivity index (χ3v) is 3.81. The second-order valence-electron chi connectivity index (χ2n) is 4.95. The Labute approximate surface area is 112 Å². The highest BCUT2D eigenvalue weighted by molar-refractivity contribution is 5.84. The van der Waals surface area contributed by atoms with Gasteiger partial charge < -0.3 is 15.3 Å². The van der Waals surface area contributed by atoms with Gasteiger partial charge in [0.05, 0.1) is 11.0 Å². The molecule has 0 amide bonds. The van der Waals surface area contributed by atoms with Gasteiger partial charge in [0.2, 0.25) is 0 Å². The highest BCUT2D eigenvalue weighted by Crippen LogP contribution is 2.51. The predicted molar refractivity (Wildman–Crippen MR) is 62.6 cm³/mol. The van der Waals surface area contributed by atoms with Crippen molar-refractivity contribution in [2.24, 2.45) is 0 Å². The largest absolute Gasteiger partial charge is 0.504 e. The summed E-state index contributed by atoms with van der Waals surface area (Å²) in [6.45, 7) is 0. The van der Waals surface area contributed by atoms with Gasteiger partial charge in [-0.05, 0) is 25.0 Å². The number of carbonyl (C=O) groups is 1. The molecular weight excluding hydrogens is 277 g/mol. The Balaban J connectivity index is 2.77. The molecule has 1 aliphatic carbocycles. The molecule has 110 valence electrons. The van der Waals surface area contributed by atoms with E-state index >= 15 is 0 Å². The fraction of sp³-hybridized carbons (Fsp3) is 0.462. The summed E-state index contributed by atoms with van der Waals surface area (Å²) in [6, 6.07) is 1.32. The standard InChI is InChI=1S/C13H13F3O4/c14-13(15,16)7-3-4-8(17)10(18)9(7)12(11(19)20)5-1-2-6-12/h3-4,17-18H,1-2,5-6H2,(H,19,20). The van der Waals surface area contributed by atoms with Crippen LogP contribution >= 0.6 is 0 Å². The van der Waals surface area contributed by atoms with E-state index in [1.54, 1.807) is 0 Å². The quantitative estimate of drug-likeness (QED) is 0.732. The van der Waals surface area contributed by atoms with E-state index in [1.165, 1.54) is 0 Å². The Kier molecular flexibility index (Phi) is 3.31. The van der Waals surface area contributed by atoms with Crippen molar-refractivity contribution in [1.29, 1.82) is 0 Å². The molecule has 0 radical (unpaired) electrons. The molecule has 0 aromatic heterocycles. The van der Waals surface area contributed by atoms with E-state index in [0.717, 1.165) is 0 Å². The Morgan fingerprint density at radius 3 is 2.15 bits per heavy atom. The molecule has 3 N–H and O–H groups in total. The van der Waals surface area contributed by atoms with Gasteiger partial charge in [-0.3, -0.25) is 4.79 Å². The van der Waals surface area contributed by atoms with Gasteiger partial charge >= 0.3 is 12.1 Å². The smallest absolute Gasteiger partial charge is 0.416 e. The third kappa shape index (κ3) is 2.07. The molecule has 1 aromatic rings. The molecule has 0 aliphatic heterocycles. The molecule has 0 saturated heterocycles. The molecule has 4 nitrogen and oxygen atoms in total. The second-order valence-corrected chi connectivity index (χ2v) is 4.95. The lowest BCUT2D eigenvalue weighted by Gasteiger charge is -2.28. The van der Waals surface area contributed by atoms with E-state index in [9.17, 15) is 33.3 Å². The number of alkyl halides is 3. The zero-order valence-corrected chi connectivity index (χ0v) is 10.4. The first kappa shape index (κ1) is 14.5. The van der Waals surface area contributed by atoms with Crippen LogP contribution < -0.4 is 0 Å². The van der Waals surface area contributed by atoms with Crippen molar-refractivity contribution in [3.8, 4) is 11.5 Å². The number of benzene rings is 1. The van der Waals surface area contributed by atoms with E-state index in [2.05, 4.69) is 0 Å². The Morgan fingerprint density at radius 1 is 1.15 bits per heavy atom. The number of phenols is 2. The fourth-order valence-corrected chi connectivity index (χ4v) is 2.85.